The van der Waals surface area contributed by atoms with Gasteiger partial charge in [-0.1, -0.05) is 0 Å². The van der Waals surface area contributed by atoms with E-state index in [9.17, 15) is 9.59 Å². The SMILES string of the molecule is CNC(=O)CC1C(=O)NCCN1Cc1cc2c(cc1OC)OCCCO2. The highest BCUT2D eigenvalue weighted by molar-refractivity contribution is 5.88. The molecule has 26 heavy (non-hydrogen) atoms. The van der Waals surface area contributed by atoms with Crippen LogP contribution in [0.5, 0.6) is 17.2 Å². The Morgan fingerprint density at radius 3 is 2.77 bits per heavy atom. The molecule has 1 aromatic rings. The topological polar surface area (TPSA) is 89.1 Å². The standard InChI is InChI=1S/C18H25N3O5/c1-19-17(22)9-13-18(23)20-4-5-21(13)11-12-8-15-16(10-14(12)24-2)26-7-3-6-25-15/h8,10,13H,3-7,9,11H2,1-2H3,(H,19,22)(H,20,23). The number of hydrogen-bond donors (Lipinski definition) is 2. The highest BCUT2D eigenvalue weighted by atomic mass is 16.5. The molecule has 0 aromatic heterocycles. The summed E-state index contributed by atoms with van der Waals surface area (Å²) >= 11 is 0. The summed E-state index contributed by atoms with van der Waals surface area (Å²) in [5, 5.41) is 5.41. The molecule has 1 aromatic carbocycles. The number of nitrogens with zero attached hydrogens (tertiary/aromatic N) is 1. The van der Waals surface area contributed by atoms with Crippen LogP contribution in [-0.4, -0.2) is 63.2 Å². The Bertz CT molecular complexity index is 679. The van der Waals surface area contributed by atoms with Crippen molar-refractivity contribution in [1.82, 2.24) is 15.5 Å². The Kier molecular flexibility index (Phi) is 5.82. The number of ether oxygens (including phenoxy) is 3. The average molecular weight is 363 g/mol. The minimum atomic E-state index is -0.510. The first-order chi connectivity index (χ1) is 12.6. The second-order valence-corrected chi connectivity index (χ2v) is 6.32. The van der Waals surface area contributed by atoms with Gasteiger partial charge in [0, 0.05) is 44.7 Å². The van der Waals surface area contributed by atoms with Crippen LogP contribution in [0.4, 0.5) is 0 Å². The summed E-state index contributed by atoms with van der Waals surface area (Å²) in [4.78, 5) is 26.1. The lowest BCUT2D eigenvalue weighted by molar-refractivity contribution is -0.134. The van der Waals surface area contributed by atoms with Gasteiger partial charge in [-0.2, -0.15) is 0 Å². The fraction of sp³-hybridized carbons (Fsp3) is 0.556. The maximum absolute atomic E-state index is 12.3. The van der Waals surface area contributed by atoms with Crippen molar-refractivity contribution in [3.63, 3.8) is 0 Å². The van der Waals surface area contributed by atoms with Crippen LogP contribution in [0.25, 0.3) is 0 Å². The van der Waals surface area contributed by atoms with Crippen molar-refractivity contribution >= 4 is 11.8 Å². The highest BCUT2D eigenvalue weighted by Gasteiger charge is 2.32. The molecule has 0 bridgehead atoms. The Balaban J connectivity index is 1.84. The van der Waals surface area contributed by atoms with Crippen LogP contribution in [0.15, 0.2) is 12.1 Å². The van der Waals surface area contributed by atoms with Crippen molar-refractivity contribution in [1.29, 1.82) is 0 Å². The van der Waals surface area contributed by atoms with Gasteiger partial charge >= 0.3 is 0 Å². The molecule has 142 valence electrons. The van der Waals surface area contributed by atoms with E-state index in [1.807, 2.05) is 17.0 Å². The smallest absolute Gasteiger partial charge is 0.237 e. The average Bonchev–Trinajstić information content (AvgIpc) is 2.88. The third-order valence-electron chi connectivity index (χ3n) is 4.62. The minimum absolute atomic E-state index is 0.120. The maximum atomic E-state index is 12.3. The lowest BCUT2D eigenvalue weighted by atomic mass is 10.1. The summed E-state index contributed by atoms with van der Waals surface area (Å²) in [7, 11) is 3.17. The Morgan fingerprint density at radius 1 is 1.35 bits per heavy atom. The number of benzene rings is 1. The fourth-order valence-corrected chi connectivity index (χ4v) is 3.22. The summed E-state index contributed by atoms with van der Waals surface area (Å²) < 4.78 is 17.0. The summed E-state index contributed by atoms with van der Waals surface area (Å²) in [5.74, 6) is 1.73. The van der Waals surface area contributed by atoms with Crippen LogP contribution in [0.2, 0.25) is 0 Å². The molecule has 0 radical (unpaired) electrons. The summed E-state index contributed by atoms with van der Waals surface area (Å²) in [5.41, 5.74) is 0.897. The molecule has 1 atom stereocenters. The van der Waals surface area contributed by atoms with E-state index in [2.05, 4.69) is 10.6 Å². The van der Waals surface area contributed by atoms with Gasteiger partial charge < -0.3 is 24.8 Å². The van der Waals surface area contributed by atoms with Crippen LogP contribution >= 0.6 is 0 Å². The van der Waals surface area contributed by atoms with Crippen molar-refractivity contribution in [2.45, 2.75) is 25.4 Å². The van der Waals surface area contributed by atoms with E-state index in [0.717, 1.165) is 12.0 Å². The van der Waals surface area contributed by atoms with Gasteiger partial charge in [-0.25, -0.2) is 0 Å². The molecular formula is C18H25N3O5. The van der Waals surface area contributed by atoms with Crippen molar-refractivity contribution in [3.8, 4) is 17.2 Å². The second kappa shape index (κ2) is 8.27. The fourth-order valence-electron chi connectivity index (χ4n) is 3.22. The van der Waals surface area contributed by atoms with Crippen LogP contribution in [0, 0.1) is 0 Å². The molecule has 2 heterocycles. The molecule has 0 saturated carbocycles. The Morgan fingerprint density at radius 2 is 2.08 bits per heavy atom. The predicted molar refractivity (Wildman–Crippen MR) is 94.5 cm³/mol. The number of carbonyl (C=O) groups is 2. The van der Waals surface area contributed by atoms with Gasteiger partial charge in [-0.3, -0.25) is 14.5 Å². The number of fused-ring (bicyclic) bond motifs is 1. The van der Waals surface area contributed by atoms with E-state index in [1.54, 1.807) is 14.2 Å². The van der Waals surface area contributed by atoms with Crippen molar-refractivity contribution in [2.24, 2.45) is 0 Å². The van der Waals surface area contributed by atoms with Gasteiger partial charge in [-0.15, -0.1) is 0 Å². The summed E-state index contributed by atoms with van der Waals surface area (Å²) in [6.07, 6.45) is 0.946. The quantitative estimate of drug-likeness (QED) is 0.782. The molecule has 3 rings (SSSR count). The number of methoxy groups -OCH3 is 1. The second-order valence-electron chi connectivity index (χ2n) is 6.32. The van der Waals surface area contributed by atoms with E-state index < -0.39 is 6.04 Å². The Hall–Kier alpha value is -2.48. The molecule has 0 spiro atoms. The van der Waals surface area contributed by atoms with Gasteiger partial charge in [0.2, 0.25) is 11.8 Å². The van der Waals surface area contributed by atoms with Gasteiger partial charge in [0.25, 0.3) is 0 Å². The number of amides is 2. The first kappa shape index (κ1) is 18.3. The normalized spacial score (nSPS) is 20.1. The molecule has 8 nitrogen and oxygen atoms in total. The lowest BCUT2D eigenvalue weighted by Crippen LogP contribution is -2.56. The third kappa shape index (κ3) is 4.01. The van der Waals surface area contributed by atoms with E-state index in [0.29, 0.717) is 50.1 Å². The molecule has 2 aliphatic heterocycles. The van der Waals surface area contributed by atoms with E-state index in [1.165, 1.54) is 0 Å². The first-order valence-corrected chi connectivity index (χ1v) is 8.81. The predicted octanol–water partition coefficient (Wildman–Crippen LogP) is 0.293. The first-order valence-electron chi connectivity index (χ1n) is 8.81. The van der Waals surface area contributed by atoms with Crippen molar-refractivity contribution in [3.05, 3.63) is 17.7 Å². The van der Waals surface area contributed by atoms with Gasteiger partial charge in [-0.05, 0) is 6.07 Å². The summed E-state index contributed by atoms with van der Waals surface area (Å²) in [6, 6.07) is 3.22. The minimum Gasteiger partial charge on any atom is -0.496 e. The van der Waals surface area contributed by atoms with Gasteiger partial charge in [0.15, 0.2) is 11.5 Å². The van der Waals surface area contributed by atoms with E-state index in [4.69, 9.17) is 14.2 Å². The van der Waals surface area contributed by atoms with Gasteiger partial charge in [0.1, 0.15) is 5.75 Å². The molecule has 2 amide bonds. The van der Waals surface area contributed by atoms with Crippen LogP contribution in [0.3, 0.4) is 0 Å². The monoisotopic (exact) mass is 363 g/mol. The number of carbonyl (C=O) groups excluding carboxylic acids is 2. The van der Waals surface area contributed by atoms with Crippen LogP contribution in [-0.2, 0) is 16.1 Å². The third-order valence-corrected chi connectivity index (χ3v) is 4.62. The van der Waals surface area contributed by atoms with Crippen LogP contribution < -0.4 is 24.8 Å². The zero-order valence-corrected chi connectivity index (χ0v) is 15.2. The summed E-state index contributed by atoms with van der Waals surface area (Å²) in [6.45, 7) is 2.90. The van der Waals surface area contributed by atoms with Crippen LogP contribution in [0.1, 0.15) is 18.4 Å². The number of piperazine rings is 1. The molecule has 0 aliphatic carbocycles. The molecule has 8 heteroatoms. The largest absolute Gasteiger partial charge is 0.496 e. The number of rotatable bonds is 5. The molecule has 2 aliphatic rings. The van der Waals surface area contributed by atoms with Crippen molar-refractivity contribution < 1.29 is 23.8 Å². The number of nitrogens with one attached hydrogen (secondary N) is 2. The lowest BCUT2D eigenvalue weighted by Gasteiger charge is -2.35. The number of hydrogen-bond acceptors (Lipinski definition) is 6. The van der Waals surface area contributed by atoms with Crippen molar-refractivity contribution in [2.75, 3.05) is 40.5 Å². The highest BCUT2D eigenvalue weighted by Crippen LogP contribution is 2.37. The zero-order chi connectivity index (χ0) is 18.5. The molecular weight excluding hydrogens is 338 g/mol. The molecule has 1 saturated heterocycles. The van der Waals surface area contributed by atoms with E-state index in [-0.39, 0.29) is 18.2 Å². The van der Waals surface area contributed by atoms with Gasteiger partial charge in [0.05, 0.1) is 32.8 Å². The molecule has 1 unspecified atom stereocenters. The molecule has 2 N–H and O–H groups in total. The zero-order valence-electron chi connectivity index (χ0n) is 15.2. The Labute approximate surface area is 152 Å². The van der Waals surface area contributed by atoms with E-state index >= 15 is 0 Å². The maximum Gasteiger partial charge on any atom is 0.237 e. The molecule has 1 fully saturated rings.